The van der Waals surface area contributed by atoms with Crippen LogP contribution >= 0.6 is 12.2 Å². The van der Waals surface area contributed by atoms with Crippen LogP contribution in [0.1, 0.15) is 43.2 Å². The second kappa shape index (κ2) is 8.10. The standard InChI is InChI=1S/C16H22N2O2S/c17-16(21)13-5-3-4-12(10-13)11-18-15(19)8-7-14-6-1-2-9-20-14/h3-5,10,14H,1-2,6-9,11H2,(H2,17,21)(H,18,19). The zero-order valence-electron chi connectivity index (χ0n) is 12.1. The summed E-state index contributed by atoms with van der Waals surface area (Å²) in [5.41, 5.74) is 7.43. The predicted octanol–water partition coefficient (Wildman–Crippen LogP) is 2.29. The van der Waals surface area contributed by atoms with Gasteiger partial charge in [-0.05, 0) is 37.3 Å². The number of amides is 1. The molecule has 0 saturated carbocycles. The lowest BCUT2D eigenvalue weighted by Gasteiger charge is -2.22. The molecule has 0 aliphatic carbocycles. The Labute approximate surface area is 131 Å². The molecule has 1 unspecified atom stereocenters. The molecular weight excluding hydrogens is 284 g/mol. The van der Waals surface area contributed by atoms with Crippen LogP contribution in [-0.2, 0) is 16.1 Å². The highest BCUT2D eigenvalue weighted by Gasteiger charge is 2.15. The summed E-state index contributed by atoms with van der Waals surface area (Å²) in [7, 11) is 0. The fourth-order valence-corrected chi connectivity index (χ4v) is 2.58. The van der Waals surface area contributed by atoms with Crippen molar-refractivity contribution in [2.75, 3.05) is 6.61 Å². The van der Waals surface area contributed by atoms with Crippen LogP contribution in [0.2, 0.25) is 0 Å². The number of hydrogen-bond donors (Lipinski definition) is 2. The van der Waals surface area contributed by atoms with Gasteiger partial charge in [-0.1, -0.05) is 30.4 Å². The lowest BCUT2D eigenvalue weighted by Crippen LogP contribution is -2.26. The number of benzene rings is 1. The van der Waals surface area contributed by atoms with Crippen molar-refractivity contribution in [3.63, 3.8) is 0 Å². The number of nitrogens with one attached hydrogen (secondary N) is 1. The molecule has 0 spiro atoms. The zero-order valence-corrected chi connectivity index (χ0v) is 13.0. The number of rotatable bonds is 6. The topological polar surface area (TPSA) is 64.3 Å². The van der Waals surface area contributed by atoms with Crippen LogP contribution in [0.15, 0.2) is 24.3 Å². The number of nitrogens with two attached hydrogens (primary N) is 1. The van der Waals surface area contributed by atoms with Gasteiger partial charge in [0.2, 0.25) is 5.91 Å². The normalized spacial score (nSPS) is 18.2. The molecule has 1 saturated heterocycles. The molecule has 1 aromatic rings. The first-order valence-corrected chi connectivity index (χ1v) is 7.83. The Morgan fingerprint density at radius 2 is 2.29 bits per heavy atom. The highest BCUT2D eigenvalue weighted by Crippen LogP contribution is 2.16. The van der Waals surface area contributed by atoms with Gasteiger partial charge in [-0.2, -0.15) is 0 Å². The molecule has 1 amide bonds. The molecule has 2 rings (SSSR count). The molecule has 0 aromatic heterocycles. The van der Waals surface area contributed by atoms with Gasteiger partial charge in [0.25, 0.3) is 0 Å². The van der Waals surface area contributed by atoms with E-state index in [0.717, 1.165) is 37.0 Å². The molecule has 4 nitrogen and oxygen atoms in total. The molecule has 0 bridgehead atoms. The molecule has 1 atom stereocenters. The maximum Gasteiger partial charge on any atom is 0.220 e. The smallest absolute Gasteiger partial charge is 0.220 e. The van der Waals surface area contributed by atoms with Gasteiger partial charge in [-0.3, -0.25) is 4.79 Å². The molecule has 21 heavy (non-hydrogen) atoms. The van der Waals surface area contributed by atoms with Crippen LogP contribution < -0.4 is 11.1 Å². The molecule has 1 aromatic carbocycles. The van der Waals surface area contributed by atoms with Crippen molar-refractivity contribution in [2.24, 2.45) is 5.73 Å². The summed E-state index contributed by atoms with van der Waals surface area (Å²) >= 11 is 4.95. The summed E-state index contributed by atoms with van der Waals surface area (Å²) in [5, 5.41) is 2.93. The maximum absolute atomic E-state index is 11.9. The SMILES string of the molecule is NC(=S)c1cccc(CNC(=O)CCC2CCCCO2)c1. The molecule has 5 heteroatoms. The second-order valence-corrected chi connectivity index (χ2v) is 5.81. The van der Waals surface area contributed by atoms with Crippen molar-refractivity contribution in [3.05, 3.63) is 35.4 Å². The van der Waals surface area contributed by atoms with Gasteiger partial charge >= 0.3 is 0 Å². The average molecular weight is 306 g/mol. The van der Waals surface area contributed by atoms with E-state index in [9.17, 15) is 4.79 Å². The summed E-state index contributed by atoms with van der Waals surface area (Å²) in [6.07, 6.45) is 4.99. The van der Waals surface area contributed by atoms with Crippen LogP contribution in [-0.4, -0.2) is 23.6 Å². The quantitative estimate of drug-likeness (QED) is 0.792. The van der Waals surface area contributed by atoms with Gasteiger partial charge in [0.1, 0.15) is 4.99 Å². The fourth-order valence-electron chi connectivity index (χ4n) is 2.45. The van der Waals surface area contributed by atoms with E-state index in [-0.39, 0.29) is 12.0 Å². The molecular formula is C16H22N2O2S. The highest BCUT2D eigenvalue weighted by molar-refractivity contribution is 7.80. The van der Waals surface area contributed by atoms with E-state index in [1.165, 1.54) is 6.42 Å². The zero-order chi connectivity index (χ0) is 15.1. The van der Waals surface area contributed by atoms with Crippen LogP contribution in [0, 0.1) is 0 Å². The third-order valence-corrected chi connectivity index (χ3v) is 3.90. The Morgan fingerprint density at radius 3 is 3.00 bits per heavy atom. The van der Waals surface area contributed by atoms with E-state index < -0.39 is 0 Å². The van der Waals surface area contributed by atoms with Crippen molar-refractivity contribution in [2.45, 2.75) is 44.8 Å². The third-order valence-electron chi connectivity index (χ3n) is 3.67. The Morgan fingerprint density at radius 1 is 1.43 bits per heavy atom. The Balaban J connectivity index is 1.73. The number of thiocarbonyl (C=S) groups is 1. The van der Waals surface area contributed by atoms with Gasteiger partial charge in [0.15, 0.2) is 0 Å². The van der Waals surface area contributed by atoms with Gasteiger partial charge in [-0.15, -0.1) is 0 Å². The van der Waals surface area contributed by atoms with Gasteiger partial charge in [0, 0.05) is 25.1 Å². The van der Waals surface area contributed by atoms with E-state index in [2.05, 4.69) is 5.32 Å². The van der Waals surface area contributed by atoms with E-state index in [1.54, 1.807) is 0 Å². The molecule has 1 fully saturated rings. The van der Waals surface area contributed by atoms with Crippen molar-refractivity contribution in [1.29, 1.82) is 0 Å². The van der Waals surface area contributed by atoms with Crippen LogP contribution in [0.4, 0.5) is 0 Å². The third kappa shape index (κ3) is 5.44. The minimum absolute atomic E-state index is 0.0601. The van der Waals surface area contributed by atoms with E-state index in [0.29, 0.717) is 18.0 Å². The minimum atomic E-state index is 0.0601. The number of carbonyl (C=O) groups excluding carboxylic acids is 1. The first-order chi connectivity index (χ1) is 10.1. The number of hydrogen-bond acceptors (Lipinski definition) is 3. The lowest BCUT2D eigenvalue weighted by atomic mass is 10.0. The number of carbonyl (C=O) groups is 1. The fraction of sp³-hybridized carbons (Fsp3) is 0.500. The first-order valence-electron chi connectivity index (χ1n) is 7.42. The summed E-state index contributed by atoms with van der Waals surface area (Å²) in [6, 6.07) is 7.62. The van der Waals surface area contributed by atoms with Crippen LogP contribution in [0.25, 0.3) is 0 Å². The van der Waals surface area contributed by atoms with E-state index in [1.807, 2.05) is 24.3 Å². The highest BCUT2D eigenvalue weighted by atomic mass is 32.1. The van der Waals surface area contributed by atoms with Crippen molar-refractivity contribution < 1.29 is 9.53 Å². The Bertz CT molecular complexity index is 499. The van der Waals surface area contributed by atoms with Crippen molar-refractivity contribution >= 4 is 23.1 Å². The summed E-state index contributed by atoms with van der Waals surface area (Å²) < 4.78 is 5.62. The van der Waals surface area contributed by atoms with Crippen LogP contribution in [0.5, 0.6) is 0 Å². The maximum atomic E-state index is 11.9. The van der Waals surface area contributed by atoms with Crippen molar-refractivity contribution in [1.82, 2.24) is 5.32 Å². The van der Waals surface area contributed by atoms with Gasteiger partial charge in [0.05, 0.1) is 6.10 Å². The first kappa shape index (κ1) is 15.9. The van der Waals surface area contributed by atoms with Crippen LogP contribution in [0.3, 0.4) is 0 Å². The van der Waals surface area contributed by atoms with Gasteiger partial charge in [-0.25, -0.2) is 0 Å². The lowest BCUT2D eigenvalue weighted by molar-refractivity contribution is -0.122. The molecule has 114 valence electrons. The molecule has 1 aliphatic heterocycles. The number of ether oxygens (including phenoxy) is 1. The molecule has 0 radical (unpaired) electrons. The Hall–Kier alpha value is -1.46. The molecule has 1 aliphatic rings. The van der Waals surface area contributed by atoms with Crippen molar-refractivity contribution in [3.8, 4) is 0 Å². The van der Waals surface area contributed by atoms with Gasteiger partial charge < -0.3 is 15.8 Å². The molecule has 3 N–H and O–H groups in total. The predicted molar refractivity (Wildman–Crippen MR) is 87.0 cm³/mol. The minimum Gasteiger partial charge on any atom is -0.389 e. The Kier molecular flexibility index (Phi) is 6.14. The van der Waals surface area contributed by atoms with E-state index >= 15 is 0 Å². The monoisotopic (exact) mass is 306 g/mol. The summed E-state index contributed by atoms with van der Waals surface area (Å²) in [5.74, 6) is 0.0601. The second-order valence-electron chi connectivity index (χ2n) is 5.37. The largest absolute Gasteiger partial charge is 0.389 e. The summed E-state index contributed by atoms with van der Waals surface area (Å²) in [6.45, 7) is 1.33. The van der Waals surface area contributed by atoms with E-state index in [4.69, 9.17) is 22.7 Å². The average Bonchev–Trinajstić information content (AvgIpc) is 2.52. The molecule has 1 heterocycles. The summed E-state index contributed by atoms with van der Waals surface area (Å²) in [4.78, 5) is 12.2.